The largest absolute Gasteiger partial charge is 0.487 e. The minimum atomic E-state index is -3.87. The monoisotopic (exact) mass is 453 g/mol. The molecule has 9 heteroatoms. The van der Waals surface area contributed by atoms with Crippen LogP contribution in [0.25, 0.3) is 6.08 Å². The zero-order valence-electron chi connectivity index (χ0n) is 19.3. The standard InChI is InChI=1S/C22H35N3O5S/c1-7-8-18-9-10-21-19(11-18)30-20(13-24(6)22(27)14-23(4)5)16(2)12-25(17(3)15-26)31(21,28)29/h7-11,16-17,20,26H,12-15H2,1-6H3/b8-7+/t16-,17-,20+/m0/s1. The summed E-state index contributed by atoms with van der Waals surface area (Å²) >= 11 is 0. The molecule has 8 nitrogen and oxygen atoms in total. The van der Waals surface area contributed by atoms with Gasteiger partial charge in [-0.3, -0.25) is 4.79 Å². The SMILES string of the molecule is C/C=C/c1ccc2c(c1)O[C@H](CN(C)C(=O)CN(C)C)[C@@H](C)CN([C@@H](C)CO)S2(=O)=O. The number of benzene rings is 1. The average Bonchev–Trinajstić information content (AvgIpc) is 2.69. The summed E-state index contributed by atoms with van der Waals surface area (Å²) in [7, 11) is 1.52. The zero-order chi connectivity index (χ0) is 23.3. The summed E-state index contributed by atoms with van der Waals surface area (Å²) in [5.74, 6) is 0.00612. The van der Waals surface area contributed by atoms with Gasteiger partial charge in [0.25, 0.3) is 0 Å². The molecule has 1 aliphatic rings. The molecule has 174 valence electrons. The van der Waals surface area contributed by atoms with E-state index in [9.17, 15) is 18.3 Å². The molecule has 31 heavy (non-hydrogen) atoms. The van der Waals surface area contributed by atoms with Gasteiger partial charge in [-0.2, -0.15) is 4.31 Å². The predicted octanol–water partition coefficient (Wildman–Crippen LogP) is 1.51. The lowest BCUT2D eigenvalue weighted by Crippen LogP contribution is -2.50. The van der Waals surface area contributed by atoms with Crippen molar-refractivity contribution >= 4 is 22.0 Å². The van der Waals surface area contributed by atoms with Crippen LogP contribution in [0.4, 0.5) is 0 Å². The second-order valence-electron chi connectivity index (χ2n) is 8.46. The third-order valence-corrected chi connectivity index (χ3v) is 7.40. The van der Waals surface area contributed by atoms with Crippen LogP contribution in [0.2, 0.25) is 0 Å². The fraction of sp³-hybridized carbons (Fsp3) is 0.591. The van der Waals surface area contributed by atoms with Gasteiger partial charge in [-0.15, -0.1) is 0 Å². The first kappa shape index (κ1) is 25.3. The normalized spacial score (nSPS) is 22.5. The number of sulfonamides is 1. The van der Waals surface area contributed by atoms with E-state index in [1.165, 1.54) is 4.31 Å². The fourth-order valence-electron chi connectivity index (χ4n) is 3.52. The van der Waals surface area contributed by atoms with Crippen molar-refractivity contribution in [3.8, 4) is 5.75 Å². The number of amides is 1. The van der Waals surface area contributed by atoms with E-state index >= 15 is 0 Å². The highest BCUT2D eigenvalue weighted by Gasteiger charge is 2.38. The van der Waals surface area contributed by atoms with E-state index in [4.69, 9.17) is 4.74 Å². The van der Waals surface area contributed by atoms with Gasteiger partial charge in [0.05, 0.1) is 19.7 Å². The topological polar surface area (TPSA) is 90.4 Å². The summed E-state index contributed by atoms with van der Waals surface area (Å²) in [6, 6.07) is 4.41. The molecule has 2 rings (SSSR count). The molecule has 1 aromatic carbocycles. The Kier molecular flexibility index (Phi) is 8.65. The van der Waals surface area contributed by atoms with Crippen molar-refractivity contribution in [2.75, 3.05) is 47.4 Å². The second kappa shape index (κ2) is 10.6. The van der Waals surface area contributed by atoms with Gasteiger partial charge >= 0.3 is 0 Å². The van der Waals surface area contributed by atoms with Crippen molar-refractivity contribution in [1.82, 2.24) is 14.1 Å². The van der Waals surface area contributed by atoms with Gasteiger partial charge in [-0.05, 0) is 45.6 Å². The highest BCUT2D eigenvalue weighted by Crippen LogP contribution is 2.34. The van der Waals surface area contributed by atoms with Crippen LogP contribution in [0.5, 0.6) is 5.75 Å². The molecule has 1 aliphatic heterocycles. The number of hydrogen-bond donors (Lipinski definition) is 1. The van der Waals surface area contributed by atoms with E-state index in [1.54, 1.807) is 42.0 Å². The van der Waals surface area contributed by atoms with Crippen LogP contribution in [0.3, 0.4) is 0 Å². The maximum Gasteiger partial charge on any atom is 0.247 e. The van der Waals surface area contributed by atoms with Gasteiger partial charge in [0.2, 0.25) is 15.9 Å². The highest BCUT2D eigenvalue weighted by atomic mass is 32.2. The first-order valence-electron chi connectivity index (χ1n) is 10.5. The molecule has 0 unspecified atom stereocenters. The molecule has 0 aromatic heterocycles. The number of carbonyl (C=O) groups is 1. The molecular formula is C22H35N3O5S. The Morgan fingerprint density at radius 1 is 1.35 bits per heavy atom. The van der Waals surface area contributed by atoms with Crippen molar-refractivity contribution in [2.45, 2.75) is 37.8 Å². The summed E-state index contributed by atoms with van der Waals surface area (Å²) in [5.41, 5.74) is 0.822. The van der Waals surface area contributed by atoms with Crippen LogP contribution < -0.4 is 4.74 Å². The summed E-state index contributed by atoms with van der Waals surface area (Å²) < 4.78 is 34.4. The highest BCUT2D eigenvalue weighted by molar-refractivity contribution is 7.89. The van der Waals surface area contributed by atoms with E-state index in [0.717, 1.165) is 5.56 Å². The Bertz CT molecular complexity index is 900. The van der Waals surface area contributed by atoms with E-state index < -0.39 is 22.2 Å². The molecule has 0 aliphatic carbocycles. The summed E-state index contributed by atoms with van der Waals surface area (Å²) in [4.78, 5) is 16.0. The van der Waals surface area contributed by atoms with E-state index in [1.807, 2.05) is 40.1 Å². The van der Waals surface area contributed by atoms with Crippen LogP contribution in [0.15, 0.2) is 29.2 Å². The molecule has 0 bridgehead atoms. The number of aliphatic hydroxyl groups excluding tert-OH is 1. The maximum atomic E-state index is 13.4. The van der Waals surface area contributed by atoms with E-state index in [2.05, 4.69) is 0 Å². The number of carbonyl (C=O) groups excluding carboxylic acids is 1. The minimum Gasteiger partial charge on any atom is -0.487 e. The number of allylic oxidation sites excluding steroid dienone is 1. The van der Waals surface area contributed by atoms with Crippen LogP contribution in [-0.4, -0.2) is 93.1 Å². The minimum absolute atomic E-state index is 0.0426. The quantitative estimate of drug-likeness (QED) is 0.673. The molecule has 1 amide bonds. The number of hydrogen-bond acceptors (Lipinski definition) is 6. The van der Waals surface area contributed by atoms with Gasteiger partial charge < -0.3 is 19.6 Å². The smallest absolute Gasteiger partial charge is 0.247 e. The number of nitrogens with zero attached hydrogens (tertiary/aromatic N) is 3. The number of rotatable bonds is 7. The molecule has 3 atom stereocenters. The van der Waals surface area contributed by atoms with Gasteiger partial charge in [-0.1, -0.05) is 25.1 Å². The van der Waals surface area contributed by atoms with Crippen LogP contribution in [0, 0.1) is 5.92 Å². The Labute approximate surface area is 186 Å². The van der Waals surface area contributed by atoms with Gasteiger partial charge in [0, 0.05) is 25.6 Å². The first-order valence-corrected chi connectivity index (χ1v) is 11.9. The number of aliphatic hydroxyl groups is 1. The molecule has 1 aromatic rings. The molecule has 0 radical (unpaired) electrons. The molecular weight excluding hydrogens is 418 g/mol. The first-order chi connectivity index (χ1) is 14.5. The van der Waals surface area contributed by atoms with Gasteiger partial charge in [-0.25, -0.2) is 8.42 Å². The lowest BCUT2D eigenvalue weighted by molar-refractivity contribution is -0.132. The Morgan fingerprint density at radius 2 is 2.03 bits per heavy atom. The predicted molar refractivity (Wildman–Crippen MR) is 121 cm³/mol. The molecule has 0 saturated heterocycles. The third-order valence-electron chi connectivity index (χ3n) is 5.38. The van der Waals surface area contributed by atoms with Crippen molar-refractivity contribution in [1.29, 1.82) is 0 Å². The molecule has 0 saturated carbocycles. The van der Waals surface area contributed by atoms with E-state index in [0.29, 0.717) is 6.54 Å². The van der Waals surface area contributed by atoms with Crippen molar-refractivity contribution in [3.63, 3.8) is 0 Å². The van der Waals surface area contributed by atoms with Crippen molar-refractivity contribution < 1.29 is 23.1 Å². The Morgan fingerprint density at radius 3 is 2.61 bits per heavy atom. The zero-order valence-corrected chi connectivity index (χ0v) is 20.1. The van der Waals surface area contributed by atoms with E-state index in [-0.39, 0.29) is 42.2 Å². The number of ether oxygens (including phenoxy) is 1. The van der Waals surface area contributed by atoms with Crippen molar-refractivity contribution in [2.24, 2.45) is 5.92 Å². The fourth-order valence-corrected chi connectivity index (χ4v) is 5.34. The van der Waals surface area contributed by atoms with Crippen LogP contribution >= 0.6 is 0 Å². The molecule has 1 N–H and O–H groups in total. The molecule has 1 heterocycles. The average molecular weight is 454 g/mol. The number of likely N-dealkylation sites (N-methyl/N-ethyl adjacent to an activating group) is 2. The van der Waals surface area contributed by atoms with Crippen molar-refractivity contribution in [3.05, 3.63) is 29.8 Å². The Hall–Kier alpha value is -1.94. The second-order valence-corrected chi connectivity index (χ2v) is 10.3. The summed E-state index contributed by atoms with van der Waals surface area (Å²) in [5, 5.41) is 9.69. The third kappa shape index (κ3) is 6.06. The van der Waals surface area contributed by atoms with Crippen LogP contribution in [-0.2, 0) is 14.8 Å². The summed E-state index contributed by atoms with van der Waals surface area (Å²) in [6.45, 7) is 5.97. The molecule has 0 spiro atoms. The molecule has 0 fully saturated rings. The van der Waals surface area contributed by atoms with Crippen LogP contribution in [0.1, 0.15) is 26.3 Å². The maximum absolute atomic E-state index is 13.4. The lowest BCUT2D eigenvalue weighted by Gasteiger charge is -2.37. The lowest BCUT2D eigenvalue weighted by atomic mass is 10.0. The Balaban J connectivity index is 2.50. The number of fused-ring (bicyclic) bond motifs is 1. The van der Waals surface area contributed by atoms with Gasteiger partial charge in [0.1, 0.15) is 16.7 Å². The van der Waals surface area contributed by atoms with Gasteiger partial charge in [0.15, 0.2) is 0 Å². The summed E-state index contributed by atoms with van der Waals surface area (Å²) in [6.07, 6.45) is 3.32.